The molecule has 1 atom stereocenters. The molecule has 4 heteroatoms. The first-order valence-corrected chi connectivity index (χ1v) is 8.02. The van der Waals surface area contributed by atoms with Crippen molar-refractivity contribution in [3.05, 3.63) is 24.3 Å². The molecule has 2 aliphatic heterocycles. The van der Waals surface area contributed by atoms with Crippen LogP contribution in [0, 0.1) is 0 Å². The maximum atomic E-state index is 6.10. The summed E-state index contributed by atoms with van der Waals surface area (Å²) in [6, 6.07) is 9.32. The molecule has 21 heavy (non-hydrogen) atoms. The second-order valence-electron chi connectivity index (χ2n) is 7.36. The van der Waals surface area contributed by atoms with Crippen molar-refractivity contribution in [2.24, 2.45) is 0 Å². The van der Waals surface area contributed by atoms with Crippen molar-refractivity contribution in [3.8, 4) is 0 Å². The van der Waals surface area contributed by atoms with Crippen molar-refractivity contribution >= 4 is 18.3 Å². The molecule has 2 fully saturated rings. The third kappa shape index (κ3) is 2.60. The third-order valence-electron chi connectivity index (χ3n) is 5.30. The summed E-state index contributed by atoms with van der Waals surface area (Å²) in [7, 11) is -0.264. The van der Waals surface area contributed by atoms with Crippen molar-refractivity contribution in [1.29, 1.82) is 0 Å². The number of nitrogens with zero attached hydrogens (tertiary/aromatic N) is 1. The van der Waals surface area contributed by atoms with Gasteiger partial charge in [0.15, 0.2) is 0 Å². The van der Waals surface area contributed by atoms with Crippen LogP contribution in [0.25, 0.3) is 0 Å². The van der Waals surface area contributed by atoms with E-state index in [0.29, 0.717) is 6.04 Å². The van der Waals surface area contributed by atoms with Gasteiger partial charge in [0.2, 0.25) is 0 Å². The summed E-state index contributed by atoms with van der Waals surface area (Å²) in [5.74, 6) is 0. The van der Waals surface area contributed by atoms with E-state index < -0.39 is 0 Å². The fourth-order valence-corrected chi connectivity index (χ4v) is 3.12. The summed E-state index contributed by atoms with van der Waals surface area (Å²) in [6.07, 6.45) is 2.58. The van der Waals surface area contributed by atoms with E-state index in [-0.39, 0.29) is 18.3 Å². The molecule has 0 aliphatic carbocycles. The lowest BCUT2D eigenvalue weighted by Crippen LogP contribution is -2.41. The van der Waals surface area contributed by atoms with Gasteiger partial charge in [0, 0.05) is 18.3 Å². The highest BCUT2D eigenvalue weighted by Gasteiger charge is 2.51. The lowest BCUT2D eigenvalue weighted by molar-refractivity contribution is 0.00578. The normalized spacial score (nSPS) is 27.4. The van der Waals surface area contributed by atoms with Crippen molar-refractivity contribution in [1.82, 2.24) is 0 Å². The van der Waals surface area contributed by atoms with Crippen LogP contribution in [0.15, 0.2) is 24.3 Å². The van der Waals surface area contributed by atoms with Gasteiger partial charge in [-0.25, -0.2) is 0 Å². The minimum Gasteiger partial charge on any atom is -0.399 e. The molecule has 0 bridgehead atoms. The first-order chi connectivity index (χ1) is 9.80. The molecule has 3 rings (SSSR count). The summed E-state index contributed by atoms with van der Waals surface area (Å²) in [5, 5.41) is 0. The Kier molecular flexibility index (Phi) is 3.57. The molecule has 2 heterocycles. The highest BCUT2D eigenvalue weighted by molar-refractivity contribution is 6.62. The van der Waals surface area contributed by atoms with Gasteiger partial charge < -0.3 is 14.2 Å². The topological polar surface area (TPSA) is 21.7 Å². The highest BCUT2D eigenvalue weighted by atomic mass is 16.7. The quantitative estimate of drug-likeness (QED) is 0.781. The molecule has 2 aliphatic rings. The summed E-state index contributed by atoms with van der Waals surface area (Å²) in [4.78, 5) is 2.48. The van der Waals surface area contributed by atoms with E-state index in [1.807, 2.05) is 0 Å². The van der Waals surface area contributed by atoms with Gasteiger partial charge >= 0.3 is 7.12 Å². The van der Waals surface area contributed by atoms with Crippen LogP contribution in [0.3, 0.4) is 0 Å². The lowest BCUT2D eigenvalue weighted by Gasteiger charge is -2.32. The van der Waals surface area contributed by atoms with E-state index in [4.69, 9.17) is 9.31 Å². The SMILES string of the molecule is C[C@H]1CCCN1c1ccc(B2OC(C)(C)C(C)(C)O2)cc1. The maximum Gasteiger partial charge on any atom is 0.494 e. The van der Waals surface area contributed by atoms with E-state index in [2.05, 4.69) is 63.8 Å². The summed E-state index contributed by atoms with van der Waals surface area (Å²) in [5.41, 5.74) is 1.85. The molecule has 1 aromatic rings. The van der Waals surface area contributed by atoms with Gasteiger partial charge in [-0.05, 0) is 65.1 Å². The van der Waals surface area contributed by atoms with Gasteiger partial charge in [0.25, 0.3) is 0 Å². The van der Waals surface area contributed by atoms with Gasteiger partial charge in [-0.2, -0.15) is 0 Å². The maximum absolute atomic E-state index is 6.10. The molecule has 0 unspecified atom stereocenters. The molecule has 3 nitrogen and oxygen atoms in total. The van der Waals surface area contributed by atoms with Gasteiger partial charge in [0.05, 0.1) is 11.2 Å². The van der Waals surface area contributed by atoms with Crippen LogP contribution in [0.2, 0.25) is 0 Å². The second kappa shape index (κ2) is 5.03. The minimum atomic E-state index is -0.278. The van der Waals surface area contributed by atoms with E-state index in [9.17, 15) is 0 Å². The van der Waals surface area contributed by atoms with Gasteiger partial charge in [0.1, 0.15) is 0 Å². The molecule has 0 aromatic heterocycles. The summed E-state index contributed by atoms with van der Waals surface area (Å²) >= 11 is 0. The van der Waals surface area contributed by atoms with Crippen molar-refractivity contribution in [2.45, 2.75) is 64.7 Å². The fraction of sp³-hybridized carbons (Fsp3) is 0.647. The zero-order chi connectivity index (χ0) is 15.3. The molecule has 2 saturated heterocycles. The zero-order valence-electron chi connectivity index (χ0n) is 13.8. The van der Waals surface area contributed by atoms with Crippen LogP contribution in [0.5, 0.6) is 0 Å². The summed E-state index contributed by atoms with van der Waals surface area (Å²) < 4.78 is 12.2. The number of hydrogen-bond donors (Lipinski definition) is 0. The molecule has 1 aromatic carbocycles. The predicted molar refractivity (Wildman–Crippen MR) is 88.2 cm³/mol. The standard InChI is InChI=1S/C17H26BNO2/c1-13-7-6-12-19(13)15-10-8-14(9-11-15)18-20-16(2,3)17(4,5)21-18/h8-11,13H,6-7,12H2,1-5H3/t13-/m0/s1. The number of benzene rings is 1. The van der Waals surface area contributed by atoms with Crippen LogP contribution < -0.4 is 10.4 Å². The van der Waals surface area contributed by atoms with Crippen LogP contribution in [-0.2, 0) is 9.31 Å². The Morgan fingerprint density at radius 2 is 1.62 bits per heavy atom. The first kappa shape index (κ1) is 14.9. The molecular formula is C17H26BNO2. The Balaban J connectivity index is 1.76. The van der Waals surface area contributed by atoms with Crippen LogP contribution in [0.4, 0.5) is 5.69 Å². The molecule has 0 radical (unpaired) electrons. The van der Waals surface area contributed by atoms with E-state index in [0.717, 1.165) is 12.0 Å². The zero-order valence-corrected chi connectivity index (χ0v) is 13.8. The molecule has 0 saturated carbocycles. The number of hydrogen-bond acceptors (Lipinski definition) is 3. The van der Waals surface area contributed by atoms with Crippen molar-refractivity contribution < 1.29 is 9.31 Å². The Morgan fingerprint density at radius 3 is 2.10 bits per heavy atom. The average Bonchev–Trinajstić information content (AvgIpc) is 2.92. The Labute approximate surface area is 128 Å². The summed E-state index contributed by atoms with van der Waals surface area (Å²) in [6.45, 7) is 11.8. The van der Waals surface area contributed by atoms with Crippen LogP contribution in [0.1, 0.15) is 47.5 Å². The monoisotopic (exact) mass is 287 g/mol. The van der Waals surface area contributed by atoms with Crippen LogP contribution in [-0.4, -0.2) is 30.9 Å². The predicted octanol–water partition coefficient (Wildman–Crippen LogP) is 2.97. The molecule has 114 valence electrons. The highest BCUT2D eigenvalue weighted by Crippen LogP contribution is 2.36. The van der Waals surface area contributed by atoms with E-state index >= 15 is 0 Å². The smallest absolute Gasteiger partial charge is 0.399 e. The van der Waals surface area contributed by atoms with Crippen molar-refractivity contribution in [3.63, 3.8) is 0 Å². The second-order valence-corrected chi connectivity index (χ2v) is 7.36. The number of anilines is 1. The molecule has 0 spiro atoms. The van der Waals surface area contributed by atoms with E-state index in [1.54, 1.807) is 0 Å². The van der Waals surface area contributed by atoms with Crippen LogP contribution >= 0.6 is 0 Å². The Hall–Kier alpha value is -0.995. The van der Waals surface area contributed by atoms with E-state index in [1.165, 1.54) is 18.5 Å². The van der Waals surface area contributed by atoms with Crippen molar-refractivity contribution in [2.75, 3.05) is 11.4 Å². The Bertz CT molecular complexity index is 496. The third-order valence-corrected chi connectivity index (χ3v) is 5.30. The fourth-order valence-electron chi connectivity index (χ4n) is 3.12. The Morgan fingerprint density at radius 1 is 1.05 bits per heavy atom. The average molecular weight is 287 g/mol. The lowest BCUT2D eigenvalue weighted by atomic mass is 9.79. The van der Waals surface area contributed by atoms with Gasteiger partial charge in [-0.15, -0.1) is 0 Å². The molecule has 0 amide bonds. The van der Waals surface area contributed by atoms with Gasteiger partial charge in [-0.3, -0.25) is 0 Å². The largest absolute Gasteiger partial charge is 0.494 e. The number of rotatable bonds is 2. The molecular weight excluding hydrogens is 261 g/mol. The van der Waals surface area contributed by atoms with Gasteiger partial charge in [-0.1, -0.05) is 12.1 Å². The first-order valence-electron chi connectivity index (χ1n) is 8.02. The molecule has 0 N–H and O–H groups in total. The minimum absolute atomic E-state index is 0.264.